The lowest BCUT2D eigenvalue weighted by atomic mass is 9.68. The highest BCUT2D eigenvalue weighted by Crippen LogP contribution is 2.39. The molecule has 0 aromatic carbocycles. The first-order valence-electron chi connectivity index (χ1n) is 5.58. The van der Waals surface area contributed by atoms with Crippen LogP contribution in [0.5, 0.6) is 0 Å². The molecule has 0 saturated heterocycles. The number of carbonyl (C=O) groups excluding carboxylic acids is 2. The number of carbonyl (C=O) groups is 2. The smallest absolute Gasteiger partial charge is 0.162 e. The van der Waals surface area contributed by atoms with Crippen LogP contribution in [0.1, 0.15) is 26.2 Å². The number of hydrogen-bond acceptors (Lipinski definition) is 2. The highest BCUT2D eigenvalue weighted by atomic mass is 16.1. The van der Waals surface area contributed by atoms with Crippen molar-refractivity contribution < 1.29 is 9.59 Å². The summed E-state index contributed by atoms with van der Waals surface area (Å²) < 4.78 is 0. The average Bonchev–Trinajstić information content (AvgIpc) is 2.26. The molecule has 3 unspecified atom stereocenters. The van der Waals surface area contributed by atoms with Crippen LogP contribution in [-0.4, -0.2) is 12.1 Å². The van der Waals surface area contributed by atoms with Gasteiger partial charge in [0.1, 0.15) is 6.29 Å². The van der Waals surface area contributed by atoms with Crippen molar-refractivity contribution in [3.05, 3.63) is 23.8 Å². The second-order valence-electron chi connectivity index (χ2n) is 4.57. The van der Waals surface area contributed by atoms with Crippen molar-refractivity contribution in [3.63, 3.8) is 0 Å². The van der Waals surface area contributed by atoms with Crippen LogP contribution in [0.2, 0.25) is 0 Å². The van der Waals surface area contributed by atoms with Crippen LogP contribution in [-0.2, 0) is 9.59 Å². The summed E-state index contributed by atoms with van der Waals surface area (Å²) in [6, 6.07) is 0. The Labute approximate surface area is 90.1 Å². The third kappa shape index (κ3) is 1.81. The molecule has 3 atom stereocenters. The molecule has 0 N–H and O–H groups in total. The normalized spacial score (nSPS) is 34.6. The lowest BCUT2D eigenvalue weighted by molar-refractivity contribution is -0.124. The second kappa shape index (κ2) is 4.13. The van der Waals surface area contributed by atoms with Crippen molar-refractivity contribution >= 4 is 12.1 Å². The Kier molecular flexibility index (Phi) is 2.85. The summed E-state index contributed by atoms with van der Waals surface area (Å²) in [5, 5.41) is 0. The molecule has 2 aliphatic rings. The first-order chi connectivity index (χ1) is 7.24. The fraction of sp³-hybridized carbons (Fsp3) is 0.538. The van der Waals surface area contributed by atoms with Gasteiger partial charge in [-0.3, -0.25) is 4.79 Å². The largest absolute Gasteiger partial charge is 0.303 e. The first-order valence-corrected chi connectivity index (χ1v) is 5.58. The van der Waals surface area contributed by atoms with Crippen LogP contribution in [0.4, 0.5) is 0 Å². The molecule has 0 aromatic heterocycles. The number of aldehydes is 1. The predicted molar refractivity (Wildman–Crippen MR) is 58.3 cm³/mol. The van der Waals surface area contributed by atoms with Gasteiger partial charge in [-0.1, -0.05) is 25.2 Å². The lowest BCUT2D eigenvalue weighted by Crippen LogP contribution is -2.34. The minimum Gasteiger partial charge on any atom is -0.303 e. The maximum absolute atomic E-state index is 12.0. The molecule has 2 aliphatic carbocycles. The minimum atomic E-state index is -0.0634. The number of rotatable bonds is 2. The van der Waals surface area contributed by atoms with E-state index in [4.69, 9.17) is 0 Å². The number of allylic oxidation sites excluding steroid dienone is 4. The van der Waals surface area contributed by atoms with Gasteiger partial charge in [-0.15, -0.1) is 0 Å². The zero-order valence-electron chi connectivity index (χ0n) is 8.98. The van der Waals surface area contributed by atoms with E-state index in [-0.39, 0.29) is 11.7 Å². The predicted octanol–water partition coefficient (Wildman–Crippen LogP) is 2.30. The molecule has 2 rings (SSSR count). The fourth-order valence-electron chi connectivity index (χ4n) is 2.73. The quantitative estimate of drug-likeness (QED) is 0.647. The second-order valence-corrected chi connectivity index (χ2v) is 4.57. The Balaban J connectivity index is 2.24. The van der Waals surface area contributed by atoms with Crippen LogP contribution in [0.25, 0.3) is 0 Å². The topological polar surface area (TPSA) is 34.1 Å². The van der Waals surface area contributed by atoms with Crippen LogP contribution < -0.4 is 0 Å². The molecular formula is C13H16O2. The monoisotopic (exact) mass is 204 g/mol. The molecule has 0 bridgehead atoms. The van der Waals surface area contributed by atoms with Gasteiger partial charge in [0.25, 0.3) is 0 Å². The van der Waals surface area contributed by atoms with E-state index in [2.05, 4.69) is 13.0 Å². The van der Waals surface area contributed by atoms with Crippen LogP contribution in [0, 0.1) is 17.8 Å². The fourth-order valence-corrected chi connectivity index (χ4v) is 2.73. The van der Waals surface area contributed by atoms with Gasteiger partial charge in [0.2, 0.25) is 0 Å². The van der Waals surface area contributed by atoms with E-state index in [1.165, 1.54) is 0 Å². The summed E-state index contributed by atoms with van der Waals surface area (Å²) in [4.78, 5) is 22.5. The highest BCUT2D eigenvalue weighted by Gasteiger charge is 2.37. The summed E-state index contributed by atoms with van der Waals surface area (Å²) in [5.41, 5.74) is 0.947. The van der Waals surface area contributed by atoms with Gasteiger partial charge in [-0.05, 0) is 30.3 Å². The SMILES string of the molecule is CC1CC(CC=O)C(=O)C2=CC=CCC21. The summed E-state index contributed by atoms with van der Waals surface area (Å²) in [6.07, 6.45) is 9.12. The van der Waals surface area contributed by atoms with Crippen molar-refractivity contribution in [1.82, 2.24) is 0 Å². The lowest BCUT2D eigenvalue weighted by Gasteiger charge is -2.35. The van der Waals surface area contributed by atoms with Crippen molar-refractivity contribution in [2.45, 2.75) is 26.2 Å². The van der Waals surface area contributed by atoms with Crippen molar-refractivity contribution in [2.75, 3.05) is 0 Å². The molecule has 0 spiro atoms. The molecule has 2 nitrogen and oxygen atoms in total. The summed E-state index contributed by atoms with van der Waals surface area (Å²) in [5.74, 6) is 1.05. The van der Waals surface area contributed by atoms with Crippen molar-refractivity contribution in [1.29, 1.82) is 0 Å². The highest BCUT2D eigenvalue weighted by molar-refractivity contribution is 5.99. The van der Waals surface area contributed by atoms with E-state index < -0.39 is 0 Å². The molecule has 0 aromatic rings. The Hall–Kier alpha value is -1.18. The third-order valence-electron chi connectivity index (χ3n) is 3.58. The van der Waals surface area contributed by atoms with E-state index in [1.807, 2.05) is 12.2 Å². The van der Waals surface area contributed by atoms with Gasteiger partial charge >= 0.3 is 0 Å². The van der Waals surface area contributed by atoms with Gasteiger partial charge in [-0.25, -0.2) is 0 Å². The molecule has 0 heterocycles. The molecule has 0 aliphatic heterocycles. The van der Waals surface area contributed by atoms with Gasteiger partial charge < -0.3 is 4.79 Å². The van der Waals surface area contributed by atoms with E-state index in [1.54, 1.807) is 0 Å². The standard InChI is InChI=1S/C13H16O2/c1-9-8-10(6-7-14)13(15)12-5-3-2-4-11(9)12/h2-3,5,7,9-11H,4,6,8H2,1H3. The van der Waals surface area contributed by atoms with E-state index >= 15 is 0 Å². The summed E-state index contributed by atoms with van der Waals surface area (Å²) >= 11 is 0. The summed E-state index contributed by atoms with van der Waals surface area (Å²) in [6.45, 7) is 2.18. The Morgan fingerprint density at radius 3 is 3.07 bits per heavy atom. The Morgan fingerprint density at radius 1 is 1.53 bits per heavy atom. The summed E-state index contributed by atoms with van der Waals surface area (Å²) in [7, 11) is 0. The zero-order valence-corrected chi connectivity index (χ0v) is 8.98. The maximum Gasteiger partial charge on any atom is 0.162 e. The molecule has 0 radical (unpaired) electrons. The molecule has 1 saturated carbocycles. The van der Waals surface area contributed by atoms with Crippen LogP contribution >= 0.6 is 0 Å². The van der Waals surface area contributed by atoms with E-state index in [0.29, 0.717) is 18.3 Å². The Morgan fingerprint density at radius 2 is 2.33 bits per heavy atom. The van der Waals surface area contributed by atoms with Gasteiger partial charge in [-0.2, -0.15) is 0 Å². The van der Waals surface area contributed by atoms with Gasteiger partial charge in [0.15, 0.2) is 5.78 Å². The average molecular weight is 204 g/mol. The molecule has 15 heavy (non-hydrogen) atoms. The van der Waals surface area contributed by atoms with Gasteiger partial charge in [0.05, 0.1) is 0 Å². The molecule has 80 valence electrons. The molecular weight excluding hydrogens is 188 g/mol. The number of hydrogen-bond donors (Lipinski definition) is 0. The van der Waals surface area contributed by atoms with E-state index in [0.717, 1.165) is 24.7 Å². The molecule has 1 fully saturated rings. The number of fused-ring (bicyclic) bond motifs is 1. The van der Waals surface area contributed by atoms with E-state index in [9.17, 15) is 9.59 Å². The first kappa shape index (κ1) is 10.3. The minimum absolute atomic E-state index is 0.0634. The maximum atomic E-state index is 12.0. The van der Waals surface area contributed by atoms with Crippen molar-refractivity contribution in [3.8, 4) is 0 Å². The van der Waals surface area contributed by atoms with Crippen LogP contribution in [0.3, 0.4) is 0 Å². The third-order valence-corrected chi connectivity index (χ3v) is 3.58. The Bertz CT molecular complexity index is 338. The van der Waals surface area contributed by atoms with Crippen LogP contribution in [0.15, 0.2) is 23.8 Å². The number of Topliss-reactive ketones (excluding diaryl/α,β-unsaturated/α-hetero) is 1. The van der Waals surface area contributed by atoms with Crippen molar-refractivity contribution in [2.24, 2.45) is 17.8 Å². The number of ketones is 1. The van der Waals surface area contributed by atoms with Gasteiger partial charge in [0, 0.05) is 12.3 Å². The molecule has 0 amide bonds. The zero-order chi connectivity index (χ0) is 10.8. The molecule has 2 heteroatoms.